The Morgan fingerprint density at radius 2 is 1.64 bits per heavy atom. The van der Waals surface area contributed by atoms with Gasteiger partial charge in [-0.05, 0) is 5.57 Å². The number of nitrogens with two attached hydrogens (primary N) is 1. The predicted octanol–water partition coefficient (Wildman–Crippen LogP) is 4.22. The Bertz CT molecular complexity index is 1980. The van der Waals surface area contributed by atoms with Crippen LogP contribution in [0.4, 0.5) is 5.13 Å². The third-order valence-electron chi connectivity index (χ3n) is 7.93. The highest BCUT2D eigenvalue weighted by atomic mass is 32.2. The number of carbonyl (C=O) groups excluding carboxylic acids is 2. The molecule has 252 valence electrons. The number of β-lactam (4-membered cyclic amide) rings is 1. The van der Waals surface area contributed by atoms with Crippen LogP contribution in [0.15, 0.2) is 117 Å². The van der Waals surface area contributed by atoms with Crippen molar-refractivity contribution in [2.24, 2.45) is 5.16 Å². The summed E-state index contributed by atoms with van der Waals surface area (Å²) >= 11 is 4.93. The highest BCUT2D eigenvalue weighted by Crippen LogP contribution is 2.43. The largest absolute Gasteiger partial charge is 0.477 e. The van der Waals surface area contributed by atoms with E-state index < -0.39 is 34.8 Å². The lowest BCUT2D eigenvalue weighted by Crippen LogP contribution is -2.71. The standard InChI is InChI=1S/C33H26N8O5S4/c34-31-37-26(40-50-31)23(39-46-33(20-10-4-1-5-11-20,21-12-6-2-7-13-21)22-14-8-3-9-15-22)27(42)36-24-28(43)41-25(30(44)45)19(16-47-29(24)41)17-48-32-38-35-18-49-32/h1-15,18,24,29H,16-17H2,(H,36,42)(H,44,45)(H2,34,37,40)/b39-23+. The number of amides is 2. The van der Waals surface area contributed by atoms with Crippen LogP contribution in [-0.4, -0.2) is 76.0 Å². The van der Waals surface area contributed by atoms with Gasteiger partial charge in [0.1, 0.15) is 22.6 Å². The summed E-state index contributed by atoms with van der Waals surface area (Å²) in [7, 11) is 0. The number of rotatable bonds is 12. The van der Waals surface area contributed by atoms with Crippen molar-refractivity contribution in [3.05, 3.63) is 130 Å². The third kappa shape index (κ3) is 6.35. The molecular formula is C33H26N8O5S4. The maximum atomic E-state index is 14.1. The van der Waals surface area contributed by atoms with E-state index in [1.54, 1.807) is 5.51 Å². The molecule has 2 atom stereocenters. The van der Waals surface area contributed by atoms with E-state index in [1.807, 2.05) is 91.0 Å². The first kappa shape index (κ1) is 33.4. The topological polar surface area (TPSA) is 186 Å². The predicted molar refractivity (Wildman–Crippen MR) is 191 cm³/mol. The summed E-state index contributed by atoms with van der Waals surface area (Å²) in [5.41, 5.74) is 8.59. The molecule has 2 amide bonds. The van der Waals surface area contributed by atoms with Gasteiger partial charge >= 0.3 is 5.97 Å². The Kier molecular flexibility index (Phi) is 9.62. The molecule has 0 saturated carbocycles. The van der Waals surface area contributed by atoms with Crippen molar-refractivity contribution in [1.82, 2.24) is 29.8 Å². The van der Waals surface area contributed by atoms with Crippen molar-refractivity contribution in [2.75, 3.05) is 17.2 Å². The maximum absolute atomic E-state index is 14.1. The van der Waals surface area contributed by atoms with Gasteiger partial charge in [-0.1, -0.05) is 119 Å². The van der Waals surface area contributed by atoms with Crippen molar-refractivity contribution in [2.45, 2.75) is 21.4 Å². The fourth-order valence-electron chi connectivity index (χ4n) is 5.68. The maximum Gasteiger partial charge on any atom is 0.352 e. The van der Waals surface area contributed by atoms with Gasteiger partial charge in [-0.15, -0.1) is 22.0 Å². The van der Waals surface area contributed by atoms with E-state index in [0.717, 1.165) is 28.2 Å². The van der Waals surface area contributed by atoms with Crippen LogP contribution in [0.3, 0.4) is 0 Å². The minimum Gasteiger partial charge on any atom is -0.477 e. The number of carboxylic acids is 1. The molecule has 4 heterocycles. The van der Waals surface area contributed by atoms with Gasteiger partial charge in [-0.2, -0.15) is 9.36 Å². The fourth-order valence-corrected chi connectivity index (χ4v) is 9.09. The van der Waals surface area contributed by atoms with E-state index >= 15 is 0 Å². The fraction of sp³-hybridized carbons (Fsp3) is 0.152. The average molecular weight is 743 g/mol. The van der Waals surface area contributed by atoms with E-state index in [2.05, 4.69) is 30.0 Å². The lowest BCUT2D eigenvalue weighted by atomic mass is 9.80. The molecule has 2 aliphatic heterocycles. The lowest BCUT2D eigenvalue weighted by molar-refractivity contribution is -0.150. The highest BCUT2D eigenvalue weighted by molar-refractivity contribution is 8.01. The average Bonchev–Trinajstić information content (AvgIpc) is 3.84. The van der Waals surface area contributed by atoms with Crippen LogP contribution in [0.25, 0.3) is 0 Å². The number of carbonyl (C=O) groups is 3. The van der Waals surface area contributed by atoms with E-state index in [0.29, 0.717) is 21.4 Å². The zero-order valence-corrected chi connectivity index (χ0v) is 29.0. The second-order valence-corrected chi connectivity index (χ2v) is 14.8. The van der Waals surface area contributed by atoms with Gasteiger partial charge in [0.2, 0.25) is 17.1 Å². The van der Waals surface area contributed by atoms with Crippen molar-refractivity contribution in [3.63, 3.8) is 0 Å². The van der Waals surface area contributed by atoms with E-state index in [9.17, 15) is 19.5 Å². The zero-order valence-electron chi connectivity index (χ0n) is 25.8. The summed E-state index contributed by atoms with van der Waals surface area (Å²) in [5.74, 6) is -1.99. The molecule has 2 unspecified atom stereocenters. The van der Waals surface area contributed by atoms with Crippen molar-refractivity contribution in [3.8, 4) is 0 Å². The number of nitrogen functional groups attached to an aromatic ring is 1. The molecule has 13 nitrogen and oxygen atoms in total. The zero-order chi connectivity index (χ0) is 34.7. The number of fused-ring (bicyclic) bond motifs is 1. The number of nitrogens with one attached hydrogen (secondary N) is 1. The Balaban J connectivity index is 1.21. The van der Waals surface area contributed by atoms with Gasteiger partial charge in [-0.3, -0.25) is 14.5 Å². The molecule has 5 aromatic rings. The van der Waals surface area contributed by atoms with Gasteiger partial charge in [0.25, 0.3) is 11.8 Å². The first-order valence-corrected chi connectivity index (χ1v) is 18.7. The summed E-state index contributed by atoms with van der Waals surface area (Å²) < 4.78 is 4.92. The van der Waals surface area contributed by atoms with Gasteiger partial charge in [0.15, 0.2) is 9.47 Å². The summed E-state index contributed by atoms with van der Waals surface area (Å²) in [4.78, 5) is 51.9. The molecule has 1 saturated heterocycles. The van der Waals surface area contributed by atoms with Gasteiger partial charge in [-0.25, -0.2) is 4.79 Å². The Morgan fingerprint density at radius 1 is 1.02 bits per heavy atom. The number of anilines is 1. The summed E-state index contributed by atoms with van der Waals surface area (Å²) in [6, 6.07) is 27.4. The number of oxime groups is 1. The van der Waals surface area contributed by atoms with Gasteiger partial charge in [0, 0.05) is 39.7 Å². The Labute approximate surface area is 301 Å². The molecule has 2 aromatic heterocycles. The quantitative estimate of drug-likeness (QED) is 0.0545. The van der Waals surface area contributed by atoms with Crippen molar-refractivity contribution >= 4 is 75.0 Å². The van der Waals surface area contributed by atoms with Crippen LogP contribution in [0.2, 0.25) is 0 Å². The number of carboxylic acid groups (broad SMARTS) is 1. The number of hydrogen-bond donors (Lipinski definition) is 3. The number of benzene rings is 3. The minimum atomic E-state index is -1.32. The van der Waals surface area contributed by atoms with Crippen LogP contribution in [0, 0.1) is 0 Å². The molecule has 0 bridgehead atoms. The molecule has 17 heteroatoms. The highest BCUT2D eigenvalue weighted by Gasteiger charge is 2.54. The molecule has 2 aliphatic rings. The van der Waals surface area contributed by atoms with Crippen LogP contribution in [-0.2, 0) is 24.8 Å². The first-order valence-electron chi connectivity index (χ1n) is 15.0. The van der Waals surface area contributed by atoms with Crippen LogP contribution >= 0.6 is 46.4 Å². The Hall–Kier alpha value is -5.10. The molecular weight excluding hydrogens is 717 g/mol. The van der Waals surface area contributed by atoms with Crippen molar-refractivity contribution in [1.29, 1.82) is 0 Å². The first-order chi connectivity index (χ1) is 24.4. The lowest BCUT2D eigenvalue weighted by Gasteiger charge is -2.49. The molecule has 0 aliphatic carbocycles. The minimum absolute atomic E-state index is 0.0879. The van der Waals surface area contributed by atoms with Crippen LogP contribution < -0.4 is 11.1 Å². The number of nitrogens with zero attached hydrogens (tertiary/aromatic N) is 6. The van der Waals surface area contributed by atoms with Gasteiger partial charge < -0.3 is 21.0 Å². The second kappa shape index (κ2) is 14.4. The smallest absolute Gasteiger partial charge is 0.352 e. The summed E-state index contributed by atoms with van der Waals surface area (Å²) in [6.45, 7) is 0. The van der Waals surface area contributed by atoms with E-state index in [1.165, 1.54) is 39.8 Å². The Morgan fingerprint density at radius 3 is 2.16 bits per heavy atom. The molecule has 7 rings (SSSR count). The SMILES string of the molecule is Nc1nc(/C(=N\OC(c2ccccc2)(c2ccccc2)c2ccccc2)C(=O)NC2C(=O)N3C(C(=O)O)=C(CSc4nncs4)CSC23)ns1. The number of hydrogen-bond acceptors (Lipinski definition) is 14. The monoisotopic (exact) mass is 742 g/mol. The van der Waals surface area contributed by atoms with Crippen LogP contribution in [0.5, 0.6) is 0 Å². The number of aromatic nitrogens is 4. The molecule has 50 heavy (non-hydrogen) atoms. The second-order valence-electron chi connectivity index (χ2n) is 10.9. The molecule has 3 aromatic carbocycles. The molecule has 0 radical (unpaired) electrons. The summed E-state index contributed by atoms with van der Waals surface area (Å²) in [6.07, 6.45) is 0. The van der Waals surface area contributed by atoms with Crippen molar-refractivity contribution < 1.29 is 24.3 Å². The summed E-state index contributed by atoms with van der Waals surface area (Å²) in [5, 5.41) is 24.5. The number of thioether (sulfide) groups is 2. The molecule has 0 spiro atoms. The van der Waals surface area contributed by atoms with Gasteiger partial charge in [0.05, 0.1) is 0 Å². The van der Waals surface area contributed by atoms with E-state index in [-0.39, 0.29) is 22.4 Å². The number of aliphatic carboxylic acids is 1. The normalized spacial score (nSPS) is 17.6. The molecule has 1 fully saturated rings. The van der Waals surface area contributed by atoms with Crippen LogP contribution in [0.1, 0.15) is 22.5 Å². The molecule has 4 N–H and O–H groups in total. The van der Waals surface area contributed by atoms with E-state index in [4.69, 9.17) is 10.6 Å². The third-order valence-corrected chi connectivity index (χ3v) is 11.8.